The lowest BCUT2D eigenvalue weighted by Gasteiger charge is -2.10. The van der Waals surface area contributed by atoms with Gasteiger partial charge in [-0.05, 0) is 58.3 Å². The number of carbonyl (C=O) groups excluding carboxylic acids is 2. The Morgan fingerprint density at radius 3 is 2.29 bits per heavy atom. The second-order valence-electron chi connectivity index (χ2n) is 5.77. The topological polar surface area (TPSA) is 87.5 Å². The Morgan fingerprint density at radius 1 is 1.12 bits per heavy atom. The van der Waals surface area contributed by atoms with E-state index in [0.29, 0.717) is 29.2 Å². The number of nitrogens with zero attached hydrogens (tertiary/aromatic N) is 2. The molecule has 0 saturated carbocycles. The van der Waals surface area contributed by atoms with Gasteiger partial charge in [-0.15, -0.1) is 0 Å². The molecule has 128 valence electrons. The summed E-state index contributed by atoms with van der Waals surface area (Å²) in [5, 5.41) is 9.19. The number of benzene rings is 1. The number of carbonyl (C=O) groups is 2. The van der Waals surface area contributed by atoms with Gasteiger partial charge in [-0.1, -0.05) is 5.16 Å². The molecule has 0 aliphatic carbocycles. The molecule has 24 heavy (non-hydrogen) atoms. The maximum absolute atomic E-state index is 12.1. The van der Waals surface area contributed by atoms with Gasteiger partial charge in [-0.25, -0.2) is 0 Å². The number of hydrogen-bond donors (Lipinski definition) is 2. The molecule has 0 unspecified atom stereocenters. The monoisotopic (exact) mass is 330 g/mol. The lowest BCUT2D eigenvalue weighted by molar-refractivity contribution is 0.0950. The van der Waals surface area contributed by atoms with Crippen LogP contribution in [0.4, 0.5) is 5.82 Å². The molecule has 0 spiro atoms. The normalized spacial score (nSPS) is 10.7. The minimum absolute atomic E-state index is 0.146. The number of hydrogen-bond acceptors (Lipinski definition) is 5. The molecule has 0 aliphatic heterocycles. The number of amides is 2. The molecular weight excluding hydrogens is 308 g/mol. The standard InChI is InChI=1S/C17H22N4O3/c1-12-11-15(20-24-12)19-17(23)14-7-5-13(6-8-14)16(22)18-9-4-10-21(2)3/h5-8,11H,4,9-10H2,1-3H3,(H,18,22)(H,19,20,23). The second-order valence-corrected chi connectivity index (χ2v) is 5.77. The molecule has 0 saturated heterocycles. The molecule has 1 aromatic carbocycles. The van der Waals surface area contributed by atoms with E-state index < -0.39 is 0 Å². The van der Waals surface area contributed by atoms with E-state index in [-0.39, 0.29) is 11.8 Å². The Kier molecular flexibility index (Phi) is 6.08. The average molecular weight is 330 g/mol. The highest BCUT2D eigenvalue weighted by molar-refractivity contribution is 6.04. The van der Waals surface area contributed by atoms with Crippen molar-refractivity contribution in [3.63, 3.8) is 0 Å². The Balaban J connectivity index is 1.87. The van der Waals surface area contributed by atoms with Crippen molar-refractivity contribution in [3.05, 3.63) is 47.2 Å². The molecule has 2 rings (SSSR count). The summed E-state index contributed by atoms with van der Waals surface area (Å²) in [6.45, 7) is 3.28. The van der Waals surface area contributed by atoms with E-state index in [9.17, 15) is 9.59 Å². The van der Waals surface area contributed by atoms with Crippen LogP contribution in [0.5, 0.6) is 0 Å². The first kappa shape index (κ1) is 17.7. The van der Waals surface area contributed by atoms with Crippen LogP contribution < -0.4 is 10.6 Å². The maximum atomic E-state index is 12.1. The van der Waals surface area contributed by atoms with Crippen molar-refractivity contribution >= 4 is 17.6 Å². The van der Waals surface area contributed by atoms with Crippen LogP contribution >= 0.6 is 0 Å². The Bertz CT molecular complexity index is 692. The molecule has 1 heterocycles. The van der Waals surface area contributed by atoms with E-state index in [0.717, 1.165) is 13.0 Å². The zero-order valence-corrected chi connectivity index (χ0v) is 14.1. The smallest absolute Gasteiger partial charge is 0.256 e. The molecule has 0 aliphatic rings. The summed E-state index contributed by atoms with van der Waals surface area (Å²) < 4.78 is 4.89. The third-order valence-corrected chi connectivity index (χ3v) is 3.35. The third-order valence-electron chi connectivity index (χ3n) is 3.35. The van der Waals surface area contributed by atoms with E-state index in [2.05, 4.69) is 20.7 Å². The van der Waals surface area contributed by atoms with Crippen molar-refractivity contribution in [2.45, 2.75) is 13.3 Å². The molecular formula is C17H22N4O3. The first-order valence-electron chi connectivity index (χ1n) is 7.73. The third kappa shape index (κ3) is 5.20. The fourth-order valence-corrected chi connectivity index (χ4v) is 2.09. The van der Waals surface area contributed by atoms with E-state index in [4.69, 9.17) is 4.52 Å². The quantitative estimate of drug-likeness (QED) is 0.757. The Labute approximate surface area is 141 Å². The maximum Gasteiger partial charge on any atom is 0.256 e. The summed E-state index contributed by atoms with van der Waals surface area (Å²) in [7, 11) is 3.98. The van der Waals surface area contributed by atoms with Gasteiger partial charge < -0.3 is 20.1 Å². The van der Waals surface area contributed by atoms with E-state index in [1.165, 1.54) is 0 Å². The SMILES string of the molecule is Cc1cc(NC(=O)c2ccc(C(=O)NCCCN(C)C)cc2)no1. The minimum Gasteiger partial charge on any atom is -0.360 e. The van der Waals surface area contributed by atoms with Gasteiger partial charge in [-0.3, -0.25) is 9.59 Å². The van der Waals surface area contributed by atoms with Gasteiger partial charge in [0.2, 0.25) is 0 Å². The van der Waals surface area contributed by atoms with Crippen molar-refractivity contribution in [1.29, 1.82) is 0 Å². The number of nitrogens with one attached hydrogen (secondary N) is 2. The molecule has 7 heteroatoms. The summed E-state index contributed by atoms with van der Waals surface area (Å²) in [4.78, 5) is 26.2. The number of aryl methyl sites for hydroxylation is 1. The predicted octanol–water partition coefficient (Wildman–Crippen LogP) is 1.92. The number of aromatic nitrogens is 1. The molecule has 0 radical (unpaired) electrons. The second kappa shape index (κ2) is 8.26. The van der Waals surface area contributed by atoms with Crippen LogP contribution in [0.15, 0.2) is 34.9 Å². The van der Waals surface area contributed by atoms with Crippen LogP contribution in [-0.2, 0) is 0 Å². The van der Waals surface area contributed by atoms with Gasteiger partial charge in [0, 0.05) is 23.7 Å². The van der Waals surface area contributed by atoms with Crippen LogP contribution in [0.3, 0.4) is 0 Å². The van der Waals surface area contributed by atoms with Crippen molar-refractivity contribution in [2.75, 3.05) is 32.5 Å². The van der Waals surface area contributed by atoms with Gasteiger partial charge in [0.25, 0.3) is 11.8 Å². The van der Waals surface area contributed by atoms with E-state index in [1.54, 1.807) is 37.3 Å². The first-order chi connectivity index (χ1) is 11.5. The molecule has 0 atom stereocenters. The average Bonchev–Trinajstić information content (AvgIpc) is 2.96. The van der Waals surface area contributed by atoms with Gasteiger partial charge in [-0.2, -0.15) is 0 Å². The zero-order chi connectivity index (χ0) is 17.5. The van der Waals surface area contributed by atoms with Crippen LogP contribution in [-0.4, -0.2) is 49.1 Å². The molecule has 0 bridgehead atoms. The number of anilines is 1. The van der Waals surface area contributed by atoms with E-state index in [1.807, 2.05) is 14.1 Å². The van der Waals surface area contributed by atoms with Gasteiger partial charge in [0.15, 0.2) is 5.82 Å². The lowest BCUT2D eigenvalue weighted by atomic mass is 10.1. The molecule has 2 aromatic rings. The number of rotatable bonds is 7. The zero-order valence-electron chi connectivity index (χ0n) is 14.1. The fourth-order valence-electron chi connectivity index (χ4n) is 2.09. The van der Waals surface area contributed by atoms with Crippen molar-refractivity contribution < 1.29 is 14.1 Å². The summed E-state index contributed by atoms with van der Waals surface area (Å²) >= 11 is 0. The van der Waals surface area contributed by atoms with Gasteiger partial charge in [0.05, 0.1) is 0 Å². The van der Waals surface area contributed by atoms with Crippen molar-refractivity contribution in [3.8, 4) is 0 Å². The van der Waals surface area contributed by atoms with Crippen LogP contribution in [0.25, 0.3) is 0 Å². The Hall–Kier alpha value is -2.67. The molecule has 2 N–H and O–H groups in total. The molecule has 0 fully saturated rings. The highest BCUT2D eigenvalue weighted by Gasteiger charge is 2.10. The first-order valence-corrected chi connectivity index (χ1v) is 7.73. The molecule has 2 amide bonds. The largest absolute Gasteiger partial charge is 0.360 e. The van der Waals surface area contributed by atoms with Crippen LogP contribution in [0.2, 0.25) is 0 Å². The highest BCUT2D eigenvalue weighted by Crippen LogP contribution is 2.10. The van der Waals surface area contributed by atoms with Crippen LogP contribution in [0, 0.1) is 6.92 Å². The van der Waals surface area contributed by atoms with Crippen LogP contribution in [0.1, 0.15) is 32.9 Å². The van der Waals surface area contributed by atoms with Crippen molar-refractivity contribution in [1.82, 2.24) is 15.4 Å². The van der Waals surface area contributed by atoms with E-state index >= 15 is 0 Å². The van der Waals surface area contributed by atoms with Gasteiger partial charge >= 0.3 is 0 Å². The highest BCUT2D eigenvalue weighted by atomic mass is 16.5. The minimum atomic E-state index is -0.304. The van der Waals surface area contributed by atoms with Crippen molar-refractivity contribution in [2.24, 2.45) is 0 Å². The van der Waals surface area contributed by atoms with Gasteiger partial charge in [0.1, 0.15) is 5.76 Å². The summed E-state index contributed by atoms with van der Waals surface area (Å²) in [5.74, 6) is 0.529. The predicted molar refractivity (Wildman–Crippen MR) is 91.1 cm³/mol. The summed E-state index contributed by atoms with van der Waals surface area (Å²) in [6, 6.07) is 8.11. The fraction of sp³-hybridized carbons (Fsp3) is 0.353. The summed E-state index contributed by atoms with van der Waals surface area (Å²) in [5.41, 5.74) is 0.966. The molecule has 7 nitrogen and oxygen atoms in total. The molecule has 1 aromatic heterocycles. The summed E-state index contributed by atoms with van der Waals surface area (Å²) in [6.07, 6.45) is 0.885. The Morgan fingerprint density at radius 2 is 1.75 bits per heavy atom. The lowest BCUT2D eigenvalue weighted by Crippen LogP contribution is -2.27.